The van der Waals surface area contributed by atoms with Gasteiger partial charge in [0.1, 0.15) is 30.5 Å². The average molecular weight is 400 g/mol. The SMILES string of the molecule is OC[C@H](O)[C@@H](O)[C@H](O)[C@H](O)C(O)C(=C=CCc1ccccc1)Cc1ccccc1. The first kappa shape index (κ1) is 23.0. The van der Waals surface area contributed by atoms with E-state index >= 15 is 0 Å². The van der Waals surface area contributed by atoms with E-state index in [1.54, 1.807) is 6.08 Å². The summed E-state index contributed by atoms with van der Waals surface area (Å²) in [5, 5.41) is 59.3. The van der Waals surface area contributed by atoms with Gasteiger partial charge in [-0.1, -0.05) is 60.7 Å². The van der Waals surface area contributed by atoms with Crippen LogP contribution >= 0.6 is 0 Å². The van der Waals surface area contributed by atoms with Gasteiger partial charge in [0.15, 0.2) is 0 Å². The normalized spacial score (nSPS) is 16.2. The second kappa shape index (κ2) is 11.7. The van der Waals surface area contributed by atoms with E-state index in [1.807, 2.05) is 60.7 Å². The van der Waals surface area contributed by atoms with Crippen molar-refractivity contribution in [2.24, 2.45) is 0 Å². The maximum absolute atomic E-state index is 10.6. The Bertz CT molecular complexity index is 786. The lowest BCUT2D eigenvalue weighted by Crippen LogP contribution is -2.50. The fraction of sp³-hybridized carbons (Fsp3) is 0.348. The summed E-state index contributed by atoms with van der Waals surface area (Å²) in [5.74, 6) is 0. The zero-order valence-corrected chi connectivity index (χ0v) is 16.0. The lowest BCUT2D eigenvalue weighted by Gasteiger charge is -2.29. The van der Waals surface area contributed by atoms with Gasteiger partial charge >= 0.3 is 0 Å². The molecule has 0 fully saturated rings. The highest BCUT2D eigenvalue weighted by Crippen LogP contribution is 2.18. The minimum absolute atomic E-state index is 0.274. The van der Waals surface area contributed by atoms with Crippen molar-refractivity contribution in [2.45, 2.75) is 43.4 Å². The first-order valence-corrected chi connectivity index (χ1v) is 9.47. The molecule has 0 saturated carbocycles. The predicted octanol–water partition coefficient (Wildman–Crippen LogP) is 0.350. The molecule has 156 valence electrons. The van der Waals surface area contributed by atoms with Gasteiger partial charge in [0.25, 0.3) is 0 Å². The van der Waals surface area contributed by atoms with E-state index in [2.05, 4.69) is 5.73 Å². The minimum atomic E-state index is -1.85. The summed E-state index contributed by atoms with van der Waals surface area (Å²) in [6, 6.07) is 18.9. The molecular weight excluding hydrogens is 372 g/mol. The summed E-state index contributed by atoms with van der Waals surface area (Å²) >= 11 is 0. The van der Waals surface area contributed by atoms with Crippen LogP contribution in [0.1, 0.15) is 11.1 Å². The maximum Gasteiger partial charge on any atom is 0.113 e. The van der Waals surface area contributed by atoms with Crippen molar-refractivity contribution in [3.63, 3.8) is 0 Å². The second-order valence-corrected chi connectivity index (χ2v) is 6.89. The molecule has 0 amide bonds. The molecule has 2 aromatic carbocycles. The van der Waals surface area contributed by atoms with E-state index in [0.717, 1.165) is 11.1 Å². The maximum atomic E-state index is 10.6. The number of hydrogen-bond acceptors (Lipinski definition) is 6. The van der Waals surface area contributed by atoms with Crippen molar-refractivity contribution in [3.05, 3.63) is 89.2 Å². The van der Waals surface area contributed by atoms with Gasteiger partial charge in [-0.05, 0) is 23.6 Å². The Hall–Kier alpha value is -2.28. The molecule has 0 spiro atoms. The summed E-state index contributed by atoms with van der Waals surface area (Å²) in [7, 11) is 0. The summed E-state index contributed by atoms with van der Waals surface area (Å²) in [6.07, 6.45) is -6.03. The van der Waals surface area contributed by atoms with Crippen molar-refractivity contribution in [1.29, 1.82) is 0 Å². The lowest BCUT2D eigenvalue weighted by atomic mass is 9.92. The quantitative estimate of drug-likeness (QED) is 0.320. The Morgan fingerprint density at radius 3 is 1.86 bits per heavy atom. The fourth-order valence-electron chi connectivity index (χ4n) is 2.90. The summed E-state index contributed by atoms with van der Waals surface area (Å²) in [6.45, 7) is -0.787. The number of rotatable bonds is 10. The molecule has 0 aromatic heterocycles. The molecule has 6 nitrogen and oxygen atoms in total. The van der Waals surface area contributed by atoms with Crippen LogP contribution < -0.4 is 0 Å². The molecule has 1 unspecified atom stereocenters. The van der Waals surface area contributed by atoms with Crippen LogP contribution in [0.3, 0.4) is 0 Å². The summed E-state index contributed by atoms with van der Waals surface area (Å²) in [4.78, 5) is 0. The largest absolute Gasteiger partial charge is 0.394 e. The van der Waals surface area contributed by atoms with Crippen LogP contribution in [0.15, 0.2) is 78.0 Å². The zero-order chi connectivity index (χ0) is 21.2. The Morgan fingerprint density at radius 1 is 0.759 bits per heavy atom. The van der Waals surface area contributed by atoms with E-state index < -0.39 is 37.1 Å². The number of aliphatic hydroxyl groups excluding tert-OH is 6. The third-order valence-corrected chi connectivity index (χ3v) is 4.67. The minimum Gasteiger partial charge on any atom is -0.394 e. The molecule has 0 aliphatic rings. The van der Waals surface area contributed by atoms with Gasteiger partial charge in [-0.3, -0.25) is 0 Å². The van der Waals surface area contributed by atoms with Crippen LogP contribution in [0.2, 0.25) is 0 Å². The highest BCUT2D eigenvalue weighted by molar-refractivity contribution is 5.25. The van der Waals surface area contributed by atoms with E-state index in [9.17, 15) is 25.5 Å². The van der Waals surface area contributed by atoms with Crippen LogP contribution in [-0.4, -0.2) is 67.8 Å². The average Bonchev–Trinajstić information content (AvgIpc) is 2.77. The van der Waals surface area contributed by atoms with Gasteiger partial charge in [0.2, 0.25) is 0 Å². The first-order valence-electron chi connectivity index (χ1n) is 9.47. The molecule has 2 aromatic rings. The molecule has 0 heterocycles. The molecule has 6 heteroatoms. The van der Waals surface area contributed by atoms with E-state index in [-0.39, 0.29) is 6.42 Å². The van der Waals surface area contributed by atoms with Crippen LogP contribution in [0, 0.1) is 0 Å². The third kappa shape index (κ3) is 6.92. The van der Waals surface area contributed by atoms with Gasteiger partial charge in [0, 0.05) is 12.0 Å². The molecule has 0 bridgehead atoms. The van der Waals surface area contributed by atoms with Gasteiger partial charge in [-0.25, -0.2) is 0 Å². The third-order valence-electron chi connectivity index (χ3n) is 4.67. The Balaban J connectivity index is 2.24. The van der Waals surface area contributed by atoms with Crippen LogP contribution in [0.25, 0.3) is 0 Å². The van der Waals surface area contributed by atoms with E-state index in [1.165, 1.54) is 0 Å². The molecular formula is C23H28O6. The van der Waals surface area contributed by atoms with Gasteiger partial charge in [-0.2, -0.15) is 0 Å². The second-order valence-electron chi connectivity index (χ2n) is 6.89. The summed E-state index contributed by atoms with van der Waals surface area (Å²) < 4.78 is 0. The lowest BCUT2D eigenvalue weighted by molar-refractivity contribution is -0.134. The van der Waals surface area contributed by atoms with Crippen molar-refractivity contribution < 1.29 is 30.6 Å². The first-order chi connectivity index (χ1) is 13.9. The Morgan fingerprint density at radius 2 is 1.31 bits per heavy atom. The van der Waals surface area contributed by atoms with Crippen molar-refractivity contribution in [1.82, 2.24) is 0 Å². The standard InChI is InChI=1S/C23H28O6/c24-15-19(25)21(27)23(29)22(28)20(26)18(14-17-10-5-2-6-11-17)13-7-12-16-8-3-1-4-9-16/h1-11,19-29H,12,14-15H2/t13?,19-,20?,21+,22+,23-/m0/s1. The van der Waals surface area contributed by atoms with Crippen LogP contribution in [-0.2, 0) is 12.8 Å². The monoisotopic (exact) mass is 400 g/mol. The number of benzene rings is 2. The van der Waals surface area contributed by atoms with Gasteiger partial charge in [0.05, 0.1) is 6.61 Å². The van der Waals surface area contributed by atoms with Gasteiger partial charge in [-0.15, -0.1) is 5.73 Å². The van der Waals surface area contributed by atoms with E-state index in [4.69, 9.17) is 5.11 Å². The zero-order valence-electron chi connectivity index (χ0n) is 16.0. The fourth-order valence-corrected chi connectivity index (χ4v) is 2.90. The van der Waals surface area contributed by atoms with E-state index in [0.29, 0.717) is 12.0 Å². The molecule has 29 heavy (non-hydrogen) atoms. The molecule has 6 N–H and O–H groups in total. The molecule has 0 aliphatic carbocycles. The highest BCUT2D eigenvalue weighted by atomic mass is 16.4. The highest BCUT2D eigenvalue weighted by Gasteiger charge is 2.35. The predicted molar refractivity (Wildman–Crippen MR) is 109 cm³/mol. The smallest absolute Gasteiger partial charge is 0.113 e. The van der Waals surface area contributed by atoms with Crippen LogP contribution in [0.5, 0.6) is 0 Å². The molecule has 5 atom stereocenters. The molecule has 0 radical (unpaired) electrons. The van der Waals surface area contributed by atoms with Crippen molar-refractivity contribution >= 4 is 0 Å². The molecule has 0 saturated heterocycles. The van der Waals surface area contributed by atoms with Crippen molar-refractivity contribution in [3.8, 4) is 0 Å². The Labute approximate surface area is 170 Å². The molecule has 2 rings (SSSR count). The summed E-state index contributed by atoms with van der Waals surface area (Å²) in [5.41, 5.74) is 5.26. The molecule has 0 aliphatic heterocycles. The van der Waals surface area contributed by atoms with Crippen molar-refractivity contribution in [2.75, 3.05) is 6.61 Å². The topological polar surface area (TPSA) is 121 Å². The van der Waals surface area contributed by atoms with Gasteiger partial charge < -0.3 is 30.6 Å². The number of aliphatic hydroxyl groups is 6. The number of hydrogen-bond donors (Lipinski definition) is 6. The Kier molecular flexibility index (Phi) is 9.25. The van der Waals surface area contributed by atoms with Crippen LogP contribution in [0.4, 0.5) is 0 Å².